The predicted molar refractivity (Wildman–Crippen MR) is 61.6 cm³/mol. The third-order valence-electron chi connectivity index (χ3n) is 1.98. The average Bonchev–Trinajstić information content (AvgIpc) is 2.19. The summed E-state index contributed by atoms with van der Waals surface area (Å²) in [6.45, 7) is 1.66. The molecule has 0 heterocycles. The Hall–Kier alpha value is -1.39. The number of hydrogen-bond donors (Lipinski definition) is 2. The lowest BCUT2D eigenvalue weighted by molar-refractivity contribution is -0.117. The molecule has 0 saturated carbocycles. The molecule has 0 saturated heterocycles. The van der Waals surface area contributed by atoms with Gasteiger partial charge < -0.3 is 11.1 Å². The van der Waals surface area contributed by atoms with Crippen molar-refractivity contribution < 1.29 is 4.79 Å². The number of anilines is 1. The summed E-state index contributed by atoms with van der Waals surface area (Å²) >= 11 is 0. The minimum absolute atomic E-state index is 0.0165. The summed E-state index contributed by atoms with van der Waals surface area (Å²) in [4.78, 5) is 13.4. The van der Waals surface area contributed by atoms with E-state index in [9.17, 15) is 4.79 Å². The van der Waals surface area contributed by atoms with Crippen molar-refractivity contribution in [2.45, 2.75) is 0 Å². The molecule has 4 nitrogen and oxygen atoms in total. The van der Waals surface area contributed by atoms with Crippen LogP contribution in [-0.4, -0.2) is 37.5 Å². The molecule has 82 valence electrons. The van der Waals surface area contributed by atoms with E-state index in [2.05, 4.69) is 5.32 Å². The first-order chi connectivity index (χ1) is 7.22. The number of likely N-dealkylation sites (N-methyl/N-ethyl adjacent to an activating group) is 1. The lowest BCUT2D eigenvalue weighted by Gasteiger charge is -2.14. The molecule has 0 atom stereocenters. The number of carbonyl (C=O) groups is 1. The van der Waals surface area contributed by atoms with Crippen LogP contribution in [0.5, 0.6) is 0 Å². The molecule has 3 N–H and O–H groups in total. The smallest absolute Gasteiger partial charge is 0.238 e. The molecule has 1 aromatic rings. The van der Waals surface area contributed by atoms with E-state index in [0.717, 1.165) is 12.2 Å². The second-order valence-corrected chi connectivity index (χ2v) is 3.44. The first-order valence-corrected chi connectivity index (χ1v) is 4.96. The van der Waals surface area contributed by atoms with Crippen LogP contribution in [0.1, 0.15) is 0 Å². The molecular weight excluding hydrogens is 190 g/mol. The highest BCUT2D eigenvalue weighted by molar-refractivity contribution is 5.92. The lowest BCUT2D eigenvalue weighted by Crippen LogP contribution is -2.33. The van der Waals surface area contributed by atoms with Gasteiger partial charge in [-0.25, -0.2) is 0 Å². The normalized spacial score (nSPS) is 10.3. The van der Waals surface area contributed by atoms with E-state index in [0.29, 0.717) is 13.1 Å². The van der Waals surface area contributed by atoms with Crippen LogP contribution in [0.25, 0.3) is 0 Å². The van der Waals surface area contributed by atoms with Crippen LogP contribution in [0.15, 0.2) is 30.3 Å². The average molecular weight is 207 g/mol. The maximum Gasteiger partial charge on any atom is 0.238 e. The van der Waals surface area contributed by atoms with Gasteiger partial charge in [-0.3, -0.25) is 9.69 Å². The second-order valence-electron chi connectivity index (χ2n) is 3.44. The van der Waals surface area contributed by atoms with Gasteiger partial charge in [-0.05, 0) is 19.2 Å². The largest absolute Gasteiger partial charge is 0.329 e. The van der Waals surface area contributed by atoms with Crippen LogP contribution in [0.2, 0.25) is 0 Å². The first kappa shape index (κ1) is 11.7. The molecule has 0 aliphatic heterocycles. The van der Waals surface area contributed by atoms with E-state index in [1.165, 1.54) is 0 Å². The fourth-order valence-corrected chi connectivity index (χ4v) is 1.27. The van der Waals surface area contributed by atoms with Gasteiger partial charge >= 0.3 is 0 Å². The maximum atomic E-state index is 11.5. The van der Waals surface area contributed by atoms with Crippen LogP contribution in [-0.2, 0) is 4.79 Å². The Morgan fingerprint density at radius 2 is 2.07 bits per heavy atom. The standard InChI is InChI=1S/C11H17N3O/c1-14(8-7-12)9-11(15)13-10-5-3-2-4-6-10/h2-6H,7-9,12H2,1H3,(H,13,15). The Morgan fingerprint density at radius 1 is 1.40 bits per heavy atom. The molecule has 15 heavy (non-hydrogen) atoms. The van der Waals surface area contributed by atoms with Crippen molar-refractivity contribution in [2.75, 3.05) is 32.0 Å². The van der Waals surface area contributed by atoms with Gasteiger partial charge in [0.05, 0.1) is 6.54 Å². The van der Waals surface area contributed by atoms with E-state index in [1.54, 1.807) is 0 Å². The summed E-state index contributed by atoms with van der Waals surface area (Å²) < 4.78 is 0. The molecule has 0 unspecified atom stereocenters. The quantitative estimate of drug-likeness (QED) is 0.740. The zero-order chi connectivity index (χ0) is 11.1. The minimum Gasteiger partial charge on any atom is -0.329 e. The molecule has 0 bridgehead atoms. The van der Waals surface area contributed by atoms with Crippen LogP contribution in [0.3, 0.4) is 0 Å². The number of nitrogens with zero attached hydrogens (tertiary/aromatic N) is 1. The van der Waals surface area contributed by atoms with Gasteiger partial charge in [0.25, 0.3) is 0 Å². The highest BCUT2D eigenvalue weighted by Crippen LogP contribution is 2.04. The first-order valence-electron chi connectivity index (χ1n) is 4.96. The number of rotatable bonds is 5. The summed E-state index contributed by atoms with van der Waals surface area (Å²) in [5.74, 6) is -0.0165. The van der Waals surface area contributed by atoms with E-state index < -0.39 is 0 Å². The van der Waals surface area contributed by atoms with Crippen molar-refractivity contribution in [3.63, 3.8) is 0 Å². The minimum atomic E-state index is -0.0165. The molecule has 4 heteroatoms. The molecule has 0 fully saturated rings. The third-order valence-corrected chi connectivity index (χ3v) is 1.98. The van der Waals surface area contributed by atoms with Crippen LogP contribution in [0, 0.1) is 0 Å². The van der Waals surface area contributed by atoms with Crippen molar-refractivity contribution in [3.05, 3.63) is 30.3 Å². The van der Waals surface area contributed by atoms with E-state index in [4.69, 9.17) is 5.73 Å². The van der Waals surface area contributed by atoms with Gasteiger partial charge in [0.2, 0.25) is 5.91 Å². The zero-order valence-corrected chi connectivity index (χ0v) is 8.94. The number of benzene rings is 1. The summed E-state index contributed by atoms with van der Waals surface area (Å²) in [5, 5.41) is 2.81. The molecule has 1 aromatic carbocycles. The van der Waals surface area contributed by atoms with Crippen molar-refractivity contribution in [3.8, 4) is 0 Å². The topological polar surface area (TPSA) is 58.4 Å². The summed E-state index contributed by atoms with van der Waals surface area (Å²) in [6.07, 6.45) is 0. The fraction of sp³-hybridized carbons (Fsp3) is 0.364. The molecule has 1 amide bonds. The Labute approximate surface area is 90.1 Å². The fourth-order valence-electron chi connectivity index (χ4n) is 1.27. The van der Waals surface area contributed by atoms with Gasteiger partial charge in [0, 0.05) is 18.8 Å². The van der Waals surface area contributed by atoms with Gasteiger partial charge in [-0.2, -0.15) is 0 Å². The molecule has 0 aliphatic carbocycles. The number of nitrogens with two attached hydrogens (primary N) is 1. The number of para-hydroxylation sites is 1. The van der Waals surface area contributed by atoms with Gasteiger partial charge in [-0.15, -0.1) is 0 Å². The van der Waals surface area contributed by atoms with Crippen LogP contribution in [0.4, 0.5) is 5.69 Å². The Kier molecular flexibility index (Phi) is 4.80. The SMILES string of the molecule is CN(CCN)CC(=O)Nc1ccccc1. The molecule has 0 radical (unpaired) electrons. The number of amides is 1. The summed E-state index contributed by atoms with van der Waals surface area (Å²) in [7, 11) is 1.87. The third kappa shape index (κ3) is 4.58. The second kappa shape index (κ2) is 6.16. The van der Waals surface area contributed by atoms with Gasteiger partial charge in [0.1, 0.15) is 0 Å². The van der Waals surface area contributed by atoms with E-state index in [1.807, 2.05) is 42.3 Å². The Bertz CT molecular complexity index is 300. The summed E-state index contributed by atoms with van der Waals surface area (Å²) in [6, 6.07) is 9.41. The van der Waals surface area contributed by atoms with Crippen molar-refractivity contribution in [1.29, 1.82) is 0 Å². The highest BCUT2D eigenvalue weighted by Gasteiger charge is 2.05. The molecule has 0 spiro atoms. The van der Waals surface area contributed by atoms with Crippen LogP contribution < -0.4 is 11.1 Å². The lowest BCUT2D eigenvalue weighted by atomic mass is 10.3. The van der Waals surface area contributed by atoms with Crippen molar-refractivity contribution >= 4 is 11.6 Å². The maximum absolute atomic E-state index is 11.5. The number of carbonyl (C=O) groups excluding carboxylic acids is 1. The predicted octanol–water partition coefficient (Wildman–Crippen LogP) is 0.516. The molecular formula is C11H17N3O. The summed E-state index contributed by atoms with van der Waals surface area (Å²) in [5.41, 5.74) is 6.21. The zero-order valence-electron chi connectivity index (χ0n) is 8.94. The Balaban J connectivity index is 2.36. The number of hydrogen-bond acceptors (Lipinski definition) is 3. The molecule has 0 aliphatic rings. The monoisotopic (exact) mass is 207 g/mol. The van der Waals surface area contributed by atoms with E-state index in [-0.39, 0.29) is 5.91 Å². The van der Waals surface area contributed by atoms with Gasteiger partial charge in [-0.1, -0.05) is 18.2 Å². The van der Waals surface area contributed by atoms with E-state index >= 15 is 0 Å². The van der Waals surface area contributed by atoms with Crippen molar-refractivity contribution in [1.82, 2.24) is 4.90 Å². The number of nitrogens with one attached hydrogen (secondary N) is 1. The van der Waals surface area contributed by atoms with Crippen molar-refractivity contribution in [2.24, 2.45) is 5.73 Å². The highest BCUT2D eigenvalue weighted by atomic mass is 16.2. The van der Waals surface area contributed by atoms with Crippen LogP contribution >= 0.6 is 0 Å². The molecule has 1 rings (SSSR count). The Morgan fingerprint density at radius 3 is 2.67 bits per heavy atom. The van der Waals surface area contributed by atoms with Gasteiger partial charge in [0.15, 0.2) is 0 Å². The molecule has 0 aromatic heterocycles.